The fourth-order valence-corrected chi connectivity index (χ4v) is 5.40. The predicted octanol–water partition coefficient (Wildman–Crippen LogP) is 3.33. The Morgan fingerprint density at radius 1 is 1.03 bits per heavy atom. The van der Waals surface area contributed by atoms with Crippen molar-refractivity contribution >= 4 is 15.9 Å². The number of para-hydroxylation sites is 1. The van der Waals surface area contributed by atoms with Gasteiger partial charge in [0, 0.05) is 30.0 Å². The van der Waals surface area contributed by atoms with E-state index in [0.29, 0.717) is 35.6 Å². The van der Waals surface area contributed by atoms with Crippen LogP contribution in [-0.4, -0.2) is 38.8 Å². The van der Waals surface area contributed by atoms with Gasteiger partial charge in [-0.3, -0.25) is 9.52 Å². The van der Waals surface area contributed by atoms with Gasteiger partial charge < -0.3 is 18.9 Å². The van der Waals surface area contributed by atoms with Crippen LogP contribution >= 0.6 is 0 Å². The zero-order chi connectivity index (χ0) is 23.7. The molecular formula is C24H22N2O7S. The summed E-state index contributed by atoms with van der Waals surface area (Å²) >= 11 is 0. The largest absolute Gasteiger partial charge is 0.485 e. The van der Waals surface area contributed by atoms with E-state index >= 15 is 0 Å². The summed E-state index contributed by atoms with van der Waals surface area (Å²) in [6.07, 6.45) is -0.211. The number of methoxy groups -OCH3 is 1. The van der Waals surface area contributed by atoms with Crippen LogP contribution in [0.2, 0.25) is 0 Å². The minimum Gasteiger partial charge on any atom is -0.485 e. The van der Waals surface area contributed by atoms with Gasteiger partial charge in [-0.15, -0.1) is 0 Å². The predicted molar refractivity (Wildman–Crippen MR) is 122 cm³/mol. The molecule has 3 aromatic rings. The number of carbonyl (C=O) groups excluding carboxylic acids is 1. The van der Waals surface area contributed by atoms with Crippen LogP contribution in [0.25, 0.3) is 0 Å². The summed E-state index contributed by atoms with van der Waals surface area (Å²) in [6.45, 7) is 0.310. The van der Waals surface area contributed by atoms with E-state index in [9.17, 15) is 13.2 Å². The number of pyridine rings is 1. The lowest BCUT2D eigenvalue weighted by molar-refractivity contribution is -0.119. The SMILES string of the molecule is COc1cccc(Oc2cccc3c2OC[C@H]3Oc2ccc(C3CC(=O)NS(=O)(=O)C3)cc2)n1. The minimum absolute atomic E-state index is 0.117. The summed E-state index contributed by atoms with van der Waals surface area (Å²) in [4.78, 5) is 16.0. The molecule has 0 aliphatic carbocycles. The van der Waals surface area contributed by atoms with E-state index < -0.39 is 15.9 Å². The van der Waals surface area contributed by atoms with Crippen LogP contribution in [0.3, 0.4) is 0 Å². The van der Waals surface area contributed by atoms with Crippen LogP contribution in [0, 0.1) is 0 Å². The minimum atomic E-state index is -3.59. The van der Waals surface area contributed by atoms with E-state index in [4.69, 9.17) is 18.9 Å². The molecule has 0 bridgehead atoms. The second-order valence-corrected chi connectivity index (χ2v) is 9.76. The van der Waals surface area contributed by atoms with Gasteiger partial charge in [0.1, 0.15) is 12.4 Å². The van der Waals surface area contributed by atoms with Crippen molar-refractivity contribution in [3.05, 3.63) is 71.8 Å². The first kappa shape index (κ1) is 22.0. The molecule has 2 aliphatic heterocycles. The lowest BCUT2D eigenvalue weighted by atomic mass is 9.97. The van der Waals surface area contributed by atoms with E-state index in [1.165, 1.54) is 7.11 Å². The smallest absolute Gasteiger partial charge is 0.235 e. The van der Waals surface area contributed by atoms with Crippen LogP contribution in [0.5, 0.6) is 29.0 Å². The molecular weight excluding hydrogens is 460 g/mol. The van der Waals surface area contributed by atoms with Crippen LogP contribution in [0.1, 0.15) is 29.6 Å². The van der Waals surface area contributed by atoms with Gasteiger partial charge in [-0.2, -0.15) is 4.98 Å². The number of ether oxygens (including phenoxy) is 4. The number of hydrogen-bond acceptors (Lipinski definition) is 8. The summed E-state index contributed by atoms with van der Waals surface area (Å²) in [5.74, 6) is 1.56. The van der Waals surface area contributed by atoms with Crippen molar-refractivity contribution < 1.29 is 32.2 Å². The molecule has 10 heteroatoms. The average Bonchev–Trinajstić information content (AvgIpc) is 3.22. The fourth-order valence-electron chi connectivity index (χ4n) is 4.05. The van der Waals surface area contributed by atoms with Gasteiger partial charge in [0.15, 0.2) is 17.6 Å². The van der Waals surface area contributed by atoms with Crippen LogP contribution in [0.15, 0.2) is 60.7 Å². The summed E-state index contributed by atoms with van der Waals surface area (Å²) in [6, 6.07) is 17.9. The van der Waals surface area contributed by atoms with E-state index in [2.05, 4.69) is 4.98 Å². The number of nitrogens with one attached hydrogen (secondary N) is 1. The van der Waals surface area contributed by atoms with Crippen molar-refractivity contribution in [1.29, 1.82) is 0 Å². The van der Waals surface area contributed by atoms with Gasteiger partial charge in [-0.1, -0.05) is 30.3 Å². The highest BCUT2D eigenvalue weighted by atomic mass is 32.2. The molecule has 1 N–H and O–H groups in total. The topological polar surface area (TPSA) is 113 Å². The number of hydrogen-bond donors (Lipinski definition) is 1. The highest BCUT2D eigenvalue weighted by Crippen LogP contribution is 2.43. The van der Waals surface area contributed by atoms with E-state index in [-0.39, 0.29) is 24.2 Å². The van der Waals surface area contributed by atoms with Crippen LogP contribution < -0.4 is 23.7 Å². The molecule has 3 heterocycles. The standard InChI is InChI=1S/C24H22N2O7S/c1-30-22-6-3-7-23(25-22)33-19-5-2-4-18-20(13-31-24(18)19)32-17-10-8-15(9-11-17)16-12-21(27)26-34(28,29)14-16/h2-11,16,20H,12-14H2,1H3,(H,26,27)/t16?,20-/m1/s1. The molecule has 2 atom stereocenters. The monoisotopic (exact) mass is 482 g/mol. The Hall–Kier alpha value is -3.79. The van der Waals surface area contributed by atoms with Crippen molar-refractivity contribution in [3.8, 4) is 29.0 Å². The Balaban J connectivity index is 1.30. The van der Waals surface area contributed by atoms with Crippen molar-refractivity contribution in [2.24, 2.45) is 0 Å². The molecule has 2 aromatic carbocycles. The average molecular weight is 483 g/mol. The third-order valence-electron chi connectivity index (χ3n) is 5.61. The summed E-state index contributed by atoms with van der Waals surface area (Å²) in [5, 5.41) is 0. The highest BCUT2D eigenvalue weighted by Gasteiger charge is 2.31. The van der Waals surface area contributed by atoms with Crippen molar-refractivity contribution in [3.63, 3.8) is 0 Å². The van der Waals surface area contributed by atoms with Crippen molar-refractivity contribution in [1.82, 2.24) is 9.71 Å². The van der Waals surface area contributed by atoms with Crippen molar-refractivity contribution in [2.45, 2.75) is 18.4 Å². The Labute approximate surface area is 196 Å². The second kappa shape index (κ2) is 8.86. The summed E-state index contributed by atoms with van der Waals surface area (Å²) in [5.41, 5.74) is 1.62. The zero-order valence-electron chi connectivity index (χ0n) is 18.3. The molecule has 1 fully saturated rings. The van der Waals surface area contributed by atoms with Gasteiger partial charge >= 0.3 is 0 Å². The van der Waals surface area contributed by atoms with E-state index in [1.807, 2.05) is 16.9 Å². The number of sulfonamides is 1. The second-order valence-electron chi connectivity index (χ2n) is 7.99. The number of amides is 1. The van der Waals surface area contributed by atoms with Crippen LogP contribution in [0.4, 0.5) is 0 Å². The molecule has 9 nitrogen and oxygen atoms in total. The maximum absolute atomic E-state index is 11.8. The van der Waals surface area contributed by atoms with Crippen molar-refractivity contribution in [2.75, 3.05) is 19.5 Å². The number of nitrogens with zero attached hydrogens (tertiary/aromatic N) is 1. The lowest BCUT2D eigenvalue weighted by Crippen LogP contribution is -2.40. The maximum Gasteiger partial charge on any atom is 0.235 e. The molecule has 34 heavy (non-hydrogen) atoms. The molecule has 1 unspecified atom stereocenters. The summed E-state index contributed by atoms with van der Waals surface area (Å²) in [7, 11) is -2.05. The molecule has 0 spiro atoms. The first-order valence-electron chi connectivity index (χ1n) is 10.6. The van der Waals surface area contributed by atoms with Gasteiger partial charge in [0.25, 0.3) is 0 Å². The normalized spacial score (nSPS) is 20.6. The highest BCUT2D eigenvalue weighted by molar-refractivity contribution is 7.90. The lowest BCUT2D eigenvalue weighted by Gasteiger charge is -2.22. The van der Waals surface area contributed by atoms with Gasteiger partial charge in [-0.05, 0) is 23.8 Å². The van der Waals surface area contributed by atoms with Gasteiger partial charge in [-0.25, -0.2) is 8.42 Å². The molecule has 176 valence electrons. The molecule has 1 amide bonds. The Kier molecular flexibility index (Phi) is 5.74. The summed E-state index contributed by atoms with van der Waals surface area (Å²) < 4.78 is 48.8. The van der Waals surface area contributed by atoms with Gasteiger partial charge in [0.2, 0.25) is 27.7 Å². The van der Waals surface area contributed by atoms with E-state index in [0.717, 1.165) is 11.1 Å². The third-order valence-corrected chi connectivity index (χ3v) is 6.99. The first-order chi connectivity index (χ1) is 16.4. The number of fused-ring (bicyclic) bond motifs is 1. The number of aromatic nitrogens is 1. The first-order valence-corrected chi connectivity index (χ1v) is 12.3. The number of rotatable bonds is 6. The van der Waals surface area contributed by atoms with Gasteiger partial charge in [0.05, 0.1) is 12.9 Å². The Morgan fingerprint density at radius 3 is 2.56 bits per heavy atom. The maximum atomic E-state index is 11.8. The zero-order valence-corrected chi connectivity index (χ0v) is 19.1. The fraction of sp³-hybridized carbons (Fsp3) is 0.250. The third kappa shape index (κ3) is 4.62. The molecule has 0 radical (unpaired) electrons. The Bertz CT molecular complexity index is 1330. The molecule has 5 rings (SSSR count). The molecule has 2 aliphatic rings. The Morgan fingerprint density at radius 2 is 1.79 bits per heavy atom. The number of carbonyl (C=O) groups is 1. The quantitative estimate of drug-likeness (QED) is 0.569. The molecule has 1 aromatic heterocycles. The van der Waals surface area contributed by atoms with E-state index in [1.54, 1.807) is 48.5 Å². The number of benzene rings is 2. The molecule has 0 saturated carbocycles. The van der Waals surface area contributed by atoms with Crippen LogP contribution in [-0.2, 0) is 14.8 Å². The molecule has 1 saturated heterocycles.